The van der Waals surface area contributed by atoms with Crippen molar-refractivity contribution in [1.29, 1.82) is 0 Å². The van der Waals surface area contributed by atoms with E-state index in [1.807, 2.05) is 23.1 Å². The molecule has 11 heteroatoms. The number of para-hydroxylation sites is 1. The van der Waals surface area contributed by atoms with Gasteiger partial charge >= 0.3 is 5.56 Å². The molecule has 3 aromatic rings. The van der Waals surface area contributed by atoms with Gasteiger partial charge in [0, 0.05) is 32.2 Å². The lowest BCUT2D eigenvalue weighted by molar-refractivity contribution is 0.297. The summed E-state index contributed by atoms with van der Waals surface area (Å²) in [5, 5.41) is 4.35. The Bertz CT molecular complexity index is 1390. The maximum atomic E-state index is 14.2. The molecule has 0 unspecified atom stereocenters. The van der Waals surface area contributed by atoms with Crippen molar-refractivity contribution in [1.82, 2.24) is 14.1 Å². The van der Waals surface area contributed by atoms with Gasteiger partial charge in [0.25, 0.3) is 0 Å². The zero-order chi connectivity index (χ0) is 27.1. The highest BCUT2D eigenvalue weighted by Crippen LogP contribution is 2.28. The quantitative estimate of drug-likeness (QED) is 0.332. The van der Waals surface area contributed by atoms with Crippen molar-refractivity contribution in [2.75, 3.05) is 37.7 Å². The van der Waals surface area contributed by atoms with E-state index in [4.69, 9.17) is 4.74 Å². The molecule has 1 saturated heterocycles. The summed E-state index contributed by atoms with van der Waals surface area (Å²) in [4.78, 5) is 14.7. The molecule has 0 radical (unpaired) electrons. The molecule has 1 fully saturated rings. The van der Waals surface area contributed by atoms with Gasteiger partial charge in [0.1, 0.15) is 22.2 Å². The number of ether oxygens (including phenoxy) is 1. The molecule has 8 nitrogen and oxygen atoms in total. The monoisotopic (exact) mass is 546 g/mol. The molecule has 4 rings (SSSR count). The van der Waals surface area contributed by atoms with Crippen LogP contribution < -0.4 is 15.2 Å². The minimum Gasteiger partial charge on any atom is -0.486 e. The Kier molecular flexibility index (Phi) is 9.11. The third kappa shape index (κ3) is 6.21. The Hall–Kier alpha value is -3.31. The minimum absolute atomic E-state index is 0.0530. The number of anilines is 1. The van der Waals surface area contributed by atoms with Gasteiger partial charge in [-0.15, -0.1) is 0 Å². The van der Waals surface area contributed by atoms with E-state index in [1.165, 1.54) is 4.68 Å². The fraction of sp³-hybridized carbons (Fsp3) is 0.407. The molecule has 2 aromatic carbocycles. The highest BCUT2D eigenvalue weighted by atomic mass is 32.2. The normalized spacial score (nSPS) is 14.6. The van der Waals surface area contributed by atoms with Crippen molar-refractivity contribution in [3.05, 3.63) is 76.7 Å². The molecule has 1 aliphatic rings. The van der Waals surface area contributed by atoms with E-state index in [0.717, 1.165) is 48.5 Å². The lowest BCUT2D eigenvalue weighted by Crippen LogP contribution is -2.49. The summed E-state index contributed by atoms with van der Waals surface area (Å²) >= 11 is 0. The van der Waals surface area contributed by atoms with Crippen molar-refractivity contribution in [2.24, 2.45) is 0 Å². The van der Waals surface area contributed by atoms with Crippen LogP contribution in [0.3, 0.4) is 0 Å². The minimum atomic E-state index is -4.15. The zero-order valence-electron chi connectivity index (χ0n) is 21.4. The Labute approximate surface area is 221 Å². The summed E-state index contributed by atoms with van der Waals surface area (Å²) in [6.45, 7) is 3.11. The van der Waals surface area contributed by atoms with Crippen LogP contribution in [0.4, 0.5) is 14.5 Å². The van der Waals surface area contributed by atoms with Crippen LogP contribution in [0.5, 0.6) is 5.75 Å². The average molecular weight is 547 g/mol. The highest BCUT2D eigenvalue weighted by molar-refractivity contribution is 7.89. The Morgan fingerprint density at radius 3 is 2.34 bits per heavy atom. The van der Waals surface area contributed by atoms with E-state index in [0.29, 0.717) is 24.0 Å². The number of halogens is 2. The first-order valence-electron chi connectivity index (χ1n) is 12.8. The summed E-state index contributed by atoms with van der Waals surface area (Å²) < 4.78 is 62.0. The summed E-state index contributed by atoms with van der Waals surface area (Å²) in [5.41, 5.74) is 0.695. The van der Waals surface area contributed by atoms with E-state index in [9.17, 15) is 22.0 Å². The van der Waals surface area contributed by atoms with Crippen LogP contribution in [0.25, 0.3) is 5.69 Å². The fourth-order valence-electron chi connectivity index (χ4n) is 4.42. The van der Waals surface area contributed by atoms with Gasteiger partial charge in [-0.2, -0.15) is 14.1 Å². The van der Waals surface area contributed by atoms with Gasteiger partial charge in [0.05, 0.1) is 18.5 Å². The van der Waals surface area contributed by atoms with Gasteiger partial charge in [-0.05, 0) is 30.7 Å². The van der Waals surface area contributed by atoms with Crippen LogP contribution in [-0.4, -0.2) is 55.3 Å². The number of hydrogen-bond donors (Lipinski definition) is 0. The average Bonchev–Trinajstić information content (AvgIpc) is 2.91. The summed E-state index contributed by atoms with van der Waals surface area (Å²) in [6.07, 6.45) is 6.75. The molecular formula is C27H32F2N4O4S. The van der Waals surface area contributed by atoms with Crippen LogP contribution in [0.1, 0.15) is 39.0 Å². The second-order valence-electron chi connectivity index (χ2n) is 9.14. The second kappa shape index (κ2) is 12.5. The number of benzene rings is 2. The van der Waals surface area contributed by atoms with Crippen LogP contribution in [-0.2, 0) is 10.0 Å². The number of piperazine rings is 1. The van der Waals surface area contributed by atoms with E-state index in [1.54, 1.807) is 18.3 Å². The first-order valence-corrected chi connectivity index (χ1v) is 14.3. The van der Waals surface area contributed by atoms with Gasteiger partial charge in [0.15, 0.2) is 0 Å². The predicted octanol–water partition coefficient (Wildman–Crippen LogP) is 4.37. The van der Waals surface area contributed by atoms with Crippen LogP contribution >= 0.6 is 0 Å². The fourth-order valence-corrected chi connectivity index (χ4v) is 5.88. The molecule has 38 heavy (non-hydrogen) atoms. The first-order chi connectivity index (χ1) is 18.3. The third-order valence-corrected chi connectivity index (χ3v) is 8.43. The van der Waals surface area contributed by atoms with E-state index >= 15 is 0 Å². The molecule has 0 bridgehead atoms. The van der Waals surface area contributed by atoms with Gasteiger partial charge in [-0.1, -0.05) is 50.8 Å². The van der Waals surface area contributed by atoms with Gasteiger partial charge in [-0.3, -0.25) is 4.79 Å². The lowest BCUT2D eigenvalue weighted by Gasteiger charge is -2.35. The van der Waals surface area contributed by atoms with E-state index < -0.39 is 32.1 Å². The first kappa shape index (κ1) is 27.7. The maximum Gasteiger partial charge on any atom is 0.316 e. The largest absolute Gasteiger partial charge is 0.486 e. The van der Waals surface area contributed by atoms with Gasteiger partial charge in [-0.25, -0.2) is 17.2 Å². The van der Waals surface area contributed by atoms with Crippen molar-refractivity contribution in [3.8, 4) is 11.4 Å². The molecule has 204 valence electrons. The topological polar surface area (TPSA) is 84.7 Å². The molecule has 0 atom stereocenters. The smallest absolute Gasteiger partial charge is 0.316 e. The molecule has 0 amide bonds. The highest BCUT2D eigenvalue weighted by Gasteiger charge is 2.32. The maximum absolute atomic E-state index is 14.2. The molecule has 0 saturated carbocycles. The predicted molar refractivity (Wildman–Crippen MR) is 141 cm³/mol. The lowest BCUT2D eigenvalue weighted by atomic mass is 10.2. The number of unbranched alkanes of at least 4 members (excludes halogenated alkanes) is 4. The second-order valence-corrected chi connectivity index (χ2v) is 11.0. The summed E-state index contributed by atoms with van der Waals surface area (Å²) in [5.74, 6) is -1.81. The number of nitrogens with zero attached hydrogens (tertiary/aromatic N) is 4. The van der Waals surface area contributed by atoms with Crippen molar-refractivity contribution in [2.45, 2.75) is 43.9 Å². The van der Waals surface area contributed by atoms with Crippen molar-refractivity contribution in [3.63, 3.8) is 0 Å². The molecular weight excluding hydrogens is 514 g/mol. The number of rotatable bonds is 11. The molecule has 0 N–H and O–H groups in total. The van der Waals surface area contributed by atoms with Gasteiger partial charge in [0.2, 0.25) is 15.8 Å². The molecule has 0 aliphatic carbocycles. The molecule has 1 aliphatic heterocycles. The van der Waals surface area contributed by atoms with Crippen molar-refractivity contribution >= 4 is 15.7 Å². The summed E-state index contributed by atoms with van der Waals surface area (Å²) in [6, 6.07) is 11.5. The number of sulfonamides is 1. The number of aromatic nitrogens is 2. The van der Waals surface area contributed by atoms with Crippen molar-refractivity contribution < 1.29 is 21.9 Å². The van der Waals surface area contributed by atoms with Gasteiger partial charge < -0.3 is 9.64 Å². The Morgan fingerprint density at radius 1 is 0.947 bits per heavy atom. The molecule has 2 heterocycles. The molecule has 1 aromatic heterocycles. The zero-order valence-corrected chi connectivity index (χ0v) is 22.2. The van der Waals surface area contributed by atoms with Crippen LogP contribution in [0.15, 0.2) is 64.4 Å². The summed E-state index contributed by atoms with van der Waals surface area (Å²) in [7, 11) is -4.15. The van der Waals surface area contributed by atoms with E-state index in [-0.39, 0.29) is 31.9 Å². The van der Waals surface area contributed by atoms with E-state index in [2.05, 4.69) is 12.0 Å². The van der Waals surface area contributed by atoms with Crippen LogP contribution in [0, 0.1) is 11.6 Å². The Balaban J connectivity index is 1.54. The molecule has 0 spiro atoms. The SMILES string of the molecule is CCCCCCCOc1c(N2CCN(S(=O)(=O)c3ccc(F)cc3F)CC2)cnn(-c2ccccc2)c1=O. The standard InChI is InChI=1S/C27H32F2N4O4S/c1-2-3-4-5-9-18-37-26-24(20-30-33(27(26)34)22-10-7-6-8-11-22)31-14-16-32(17-15-31)38(35,36)25-13-12-21(28)19-23(25)29/h6-8,10-13,19-20H,2-5,9,14-18H2,1H3. The number of hydrogen-bond acceptors (Lipinski definition) is 6. The third-order valence-electron chi connectivity index (χ3n) is 6.50. The Morgan fingerprint density at radius 2 is 1.66 bits per heavy atom. The van der Waals surface area contributed by atoms with Crippen LogP contribution in [0.2, 0.25) is 0 Å².